The average molecular weight is 843 g/mol. The van der Waals surface area contributed by atoms with Gasteiger partial charge >= 0.3 is 6.18 Å². The van der Waals surface area contributed by atoms with Gasteiger partial charge in [-0.25, -0.2) is 9.07 Å². The molecule has 3 atom stereocenters. The number of hydrogen-bond donors (Lipinski definition) is 1. The van der Waals surface area contributed by atoms with E-state index in [-0.39, 0.29) is 35.7 Å². The van der Waals surface area contributed by atoms with Gasteiger partial charge in [0.2, 0.25) is 0 Å². The third-order valence-electron chi connectivity index (χ3n) is 12.0. The summed E-state index contributed by atoms with van der Waals surface area (Å²) in [4.78, 5) is 51.0. The number of aromatic nitrogens is 2. The highest BCUT2D eigenvalue weighted by Crippen LogP contribution is 2.45. The van der Waals surface area contributed by atoms with E-state index in [1.807, 2.05) is 0 Å². The average Bonchev–Trinajstić information content (AvgIpc) is 3.89. The van der Waals surface area contributed by atoms with Crippen molar-refractivity contribution < 1.29 is 41.4 Å². The summed E-state index contributed by atoms with van der Waals surface area (Å²) >= 11 is 0. The van der Waals surface area contributed by atoms with Crippen LogP contribution in [0.3, 0.4) is 0 Å². The van der Waals surface area contributed by atoms with Crippen molar-refractivity contribution in [3.8, 4) is 17.5 Å². The van der Waals surface area contributed by atoms with Crippen molar-refractivity contribution >= 4 is 23.5 Å². The first kappa shape index (κ1) is 41.9. The molecule has 3 fully saturated rings. The van der Waals surface area contributed by atoms with Crippen LogP contribution < -0.4 is 15.0 Å². The number of anilines is 1. The predicted molar refractivity (Wildman–Crippen MR) is 215 cm³/mol. The van der Waals surface area contributed by atoms with Crippen LogP contribution in [0.5, 0.6) is 5.75 Å². The predicted octanol–water partition coefficient (Wildman–Crippen LogP) is 5.24. The summed E-state index contributed by atoms with van der Waals surface area (Å²) in [5.74, 6) is -3.17. The second kappa shape index (κ2) is 17.6. The molecule has 0 bridgehead atoms. The molecule has 61 heavy (non-hydrogen) atoms. The van der Waals surface area contributed by atoms with Gasteiger partial charge in [0.05, 0.1) is 43.2 Å². The summed E-state index contributed by atoms with van der Waals surface area (Å²) in [7, 11) is 0. The van der Waals surface area contributed by atoms with Crippen LogP contribution in [0.15, 0.2) is 72.8 Å². The minimum absolute atomic E-state index is 0.0423. The molecule has 1 N–H and O–H groups in total. The highest BCUT2D eigenvalue weighted by molar-refractivity contribution is 6.07. The second-order valence-corrected chi connectivity index (χ2v) is 15.7. The minimum Gasteiger partial charge on any atom is -0.493 e. The zero-order valence-electron chi connectivity index (χ0n) is 33.6. The normalized spacial score (nSPS) is 21.2. The van der Waals surface area contributed by atoms with Crippen molar-refractivity contribution in [1.82, 2.24) is 29.8 Å². The SMILES string of the molecule is CCN1C(=O)[C@H](NC(=O)c2cccc(C(F)(F)F)c2)[C@H](c2ccc(F)cc2)c2c(C(=O)N3CCC[C@H]3C#N)nn(-c3cccc(OCCCN4CCN(C5COC5)CC4)c3)c21. The van der Waals surface area contributed by atoms with Crippen LogP contribution >= 0.6 is 0 Å². The van der Waals surface area contributed by atoms with Crippen LogP contribution in [-0.2, 0) is 15.7 Å². The fraction of sp³-hybridized carbons (Fsp3) is 0.432. The van der Waals surface area contributed by atoms with Gasteiger partial charge < -0.3 is 24.6 Å². The number of likely N-dealkylation sites (tertiary alicyclic amines) is 1. The number of hydrogen-bond acceptors (Lipinski definition) is 9. The molecule has 3 saturated heterocycles. The number of nitrogens with one attached hydrogen (secondary N) is 1. The van der Waals surface area contributed by atoms with Crippen LogP contribution in [0.25, 0.3) is 5.69 Å². The molecular weight excluding hydrogens is 797 g/mol. The lowest BCUT2D eigenvalue weighted by Gasteiger charge is -2.42. The summed E-state index contributed by atoms with van der Waals surface area (Å²) in [5.41, 5.74) is -0.455. The van der Waals surface area contributed by atoms with E-state index in [1.165, 1.54) is 44.8 Å². The molecule has 4 aromatic rings. The van der Waals surface area contributed by atoms with Gasteiger partial charge in [-0.1, -0.05) is 24.3 Å². The monoisotopic (exact) mass is 842 g/mol. The Hall–Kier alpha value is -5.83. The number of likely N-dealkylation sites (N-methyl/N-ethyl adjacent to an activating group) is 1. The number of benzene rings is 3. The van der Waals surface area contributed by atoms with Gasteiger partial charge in [-0.3, -0.25) is 24.2 Å². The molecule has 3 aromatic carbocycles. The molecule has 0 saturated carbocycles. The Labute approximate surface area is 350 Å². The van der Waals surface area contributed by atoms with E-state index in [0.29, 0.717) is 48.6 Å². The molecule has 8 rings (SSSR count). The van der Waals surface area contributed by atoms with Gasteiger partial charge in [-0.2, -0.15) is 23.5 Å². The fourth-order valence-electron chi connectivity index (χ4n) is 8.68. The van der Waals surface area contributed by atoms with Crippen molar-refractivity contribution in [3.63, 3.8) is 0 Å². The van der Waals surface area contributed by atoms with E-state index in [2.05, 4.69) is 21.2 Å². The molecule has 0 radical (unpaired) electrons. The molecule has 13 nitrogen and oxygen atoms in total. The largest absolute Gasteiger partial charge is 0.493 e. The molecule has 1 aromatic heterocycles. The maximum absolute atomic E-state index is 14.8. The smallest absolute Gasteiger partial charge is 0.416 e. The molecule has 0 spiro atoms. The van der Waals surface area contributed by atoms with Crippen LogP contribution in [0.4, 0.5) is 23.4 Å². The summed E-state index contributed by atoms with van der Waals surface area (Å²) in [6, 6.07) is 16.6. The van der Waals surface area contributed by atoms with Gasteiger partial charge in [-0.15, -0.1) is 0 Å². The molecule has 320 valence electrons. The van der Waals surface area contributed by atoms with E-state index in [9.17, 15) is 37.2 Å². The summed E-state index contributed by atoms with van der Waals surface area (Å²) in [5, 5.41) is 17.5. The number of fused-ring (bicyclic) bond motifs is 1. The lowest BCUT2D eigenvalue weighted by molar-refractivity contribution is -0.137. The lowest BCUT2D eigenvalue weighted by Crippen LogP contribution is -2.56. The van der Waals surface area contributed by atoms with Crippen molar-refractivity contribution in [2.24, 2.45) is 0 Å². The molecular formula is C44H46F4N8O5. The van der Waals surface area contributed by atoms with Crippen LogP contribution in [0.2, 0.25) is 0 Å². The first-order chi connectivity index (χ1) is 29.4. The fourth-order valence-corrected chi connectivity index (χ4v) is 8.68. The number of nitriles is 1. The summed E-state index contributed by atoms with van der Waals surface area (Å²) in [6.45, 7) is 8.91. The van der Waals surface area contributed by atoms with Crippen LogP contribution in [0.1, 0.15) is 69.6 Å². The molecule has 5 heterocycles. The quantitative estimate of drug-likeness (QED) is 0.150. The van der Waals surface area contributed by atoms with E-state index in [0.717, 1.165) is 64.5 Å². The van der Waals surface area contributed by atoms with Gasteiger partial charge in [0.1, 0.15) is 29.5 Å². The first-order valence-corrected chi connectivity index (χ1v) is 20.6. The molecule has 17 heteroatoms. The molecule has 0 unspecified atom stereocenters. The number of halogens is 4. The maximum Gasteiger partial charge on any atom is 0.416 e. The number of amides is 3. The Morgan fingerprint density at radius 3 is 2.44 bits per heavy atom. The number of alkyl halides is 3. The van der Waals surface area contributed by atoms with E-state index in [1.54, 1.807) is 31.2 Å². The number of ether oxygens (including phenoxy) is 2. The Morgan fingerprint density at radius 2 is 1.75 bits per heavy atom. The lowest BCUT2D eigenvalue weighted by atomic mass is 9.80. The Balaban J connectivity index is 1.15. The van der Waals surface area contributed by atoms with Crippen LogP contribution in [0, 0.1) is 17.1 Å². The number of rotatable bonds is 12. The molecule has 4 aliphatic rings. The van der Waals surface area contributed by atoms with Crippen molar-refractivity contribution in [2.45, 2.75) is 56.4 Å². The topological polar surface area (TPSA) is 136 Å². The highest BCUT2D eigenvalue weighted by atomic mass is 19.4. The van der Waals surface area contributed by atoms with E-state index < -0.39 is 53.3 Å². The molecule has 3 amide bonds. The van der Waals surface area contributed by atoms with Crippen LogP contribution in [-0.4, -0.2) is 126 Å². The number of nitrogens with zero attached hydrogens (tertiary/aromatic N) is 7. The first-order valence-electron chi connectivity index (χ1n) is 20.6. The third kappa shape index (κ3) is 8.57. The van der Waals surface area contributed by atoms with Crippen molar-refractivity contribution in [1.29, 1.82) is 5.26 Å². The van der Waals surface area contributed by atoms with Crippen molar-refractivity contribution in [3.05, 3.63) is 107 Å². The highest BCUT2D eigenvalue weighted by Gasteiger charge is 2.48. The van der Waals surface area contributed by atoms with Gasteiger partial charge in [0, 0.05) is 68.9 Å². The van der Waals surface area contributed by atoms with E-state index >= 15 is 0 Å². The van der Waals surface area contributed by atoms with Gasteiger partial charge in [-0.05, 0) is 74.2 Å². The zero-order valence-corrected chi connectivity index (χ0v) is 33.6. The Kier molecular flexibility index (Phi) is 12.1. The minimum atomic E-state index is -4.73. The maximum atomic E-state index is 14.8. The standard InChI is InChI=1S/C44H46F4N8O5/c1-2-54-41-37(36(28-12-14-31(45)15-13-28)38(42(54)58)50-40(57)29-7-3-8-30(23-29)44(46,47)48)39(43(59)55-17-5-10-33(55)25-49)51-56(41)32-9-4-11-35(24-32)61-22-6-16-52-18-20-53(21-19-52)34-26-60-27-34/h3-4,7-9,11-15,23-24,33-34,36,38H,2,5-6,10,16-22,26-27H2,1H3,(H,50,57)/t33-,36+,38+/m0/s1. The Bertz CT molecular complexity index is 2300. The Morgan fingerprint density at radius 1 is 1.00 bits per heavy atom. The summed E-state index contributed by atoms with van der Waals surface area (Å²) in [6.07, 6.45) is -2.91. The molecule has 0 aliphatic carbocycles. The van der Waals surface area contributed by atoms with Gasteiger partial charge in [0.15, 0.2) is 5.69 Å². The molecule has 4 aliphatic heterocycles. The van der Waals surface area contributed by atoms with Crippen molar-refractivity contribution in [2.75, 3.05) is 70.5 Å². The van der Waals surface area contributed by atoms with E-state index in [4.69, 9.17) is 14.6 Å². The zero-order chi connectivity index (χ0) is 42.8. The third-order valence-corrected chi connectivity index (χ3v) is 12.0. The number of piperazine rings is 1. The van der Waals surface area contributed by atoms with Gasteiger partial charge in [0.25, 0.3) is 17.7 Å². The number of carbonyl (C=O) groups excluding carboxylic acids is 3. The summed E-state index contributed by atoms with van der Waals surface area (Å²) < 4.78 is 68.6. The number of carbonyl (C=O) groups is 3. The second-order valence-electron chi connectivity index (χ2n) is 15.7.